The molecule has 2 atom stereocenters. The van der Waals surface area contributed by atoms with Crippen LogP contribution in [0.4, 0.5) is 46.8 Å². The van der Waals surface area contributed by atoms with Crippen LogP contribution in [0.25, 0.3) is 5.52 Å². The van der Waals surface area contributed by atoms with Gasteiger partial charge < -0.3 is 21.5 Å². The molecule has 0 radical (unpaired) electrons. The van der Waals surface area contributed by atoms with Gasteiger partial charge in [-0.1, -0.05) is 0 Å². The maximum Gasteiger partial charge on any atom is 0.490 e. The Morgan fingerprint density at radius 1 is 1.16 bits per heavy atom. The molecule has 18 heteroatoms. The molecule has 3 heterocycles. The first-order chi connectivity index (χ1) is 17.5. The van der Waals surface area contributed by atoms with Crippen molar-refractivity contribution in [2.45, 2.75) is 49.6 Å². The molecule has 5 N–H and O–H groups in total. The highest BCUT2D eigenvalue weighted by Gasteiger charge is 2.45. The van der Waals surface area contributed by atoms with Gasteiger partial charge in [-0.25, -0.2) is 23.1 Å². The number of carboxylic acids is 1. The Bertz CT molecular complexity index is 1310. The second-order valence-corrected chi connectivity index (χ2v) is 8.90. The highest BCUT2D eigenvalue weighted by molar-refractivity contribution is 7.10. The molecule has 1 fully saturated rings. The maximum atomic E-state index is 13.9. The van der Waals surface area contributed by atoms with Crippen LogP contribution in [0.3, 0.4) is 0 Å². The van der Waals surface area contributed by atoms with E-state index < -0.39 is 47.1 Å². The molecule has 3 aromatic rings. The Balaban J connectivity index is 0.000000505. The molecule has 208 valence electrons. The molecule has 0 aliphatic heterocycles. The Morgan fingerprint density at radius 2 is 1.82 bits per heavy atom. The average Bonchev–Trinajstić information content (AvgIpc) is 3.43. The third-order valence-corrected chi connectivity index (χ3v) is 6.26. The summed E-state index contributed by atoms with van der Waals surface area (Å²) in [5.41, 5.74) is 5.66. The summed E-state index contributed by atoms with van der Waals surface area (Å²) in [6.45, 7) is 0. The van der Waals surface area contributed by atoms with Crippen molar-refractivity contribution in [1.82, 2.24) is 14.6 Å². The van der Waals surface area contributed by atoms with E-state index in [1.165, 1.54) is 28.2 Å². The fourth-order valence-corrected chi connectivity index (χ4v) is 4.20. The van der Waals surface area contributed by atoms with E-state index in [1.54, 1.807) is 0 Å². The van der Waals surface area contributed by atoms with Gasteiger partial charge in [0.2, 0.25) is 5.95 Å². The summed E-state index contributed by atoms with van der Waals surface area (Å²) in [6.07, 6.45) is -7.94. The molecule has 1 aliphatic carbocycles. The monoisotopic (exact) mass is 574 g/mol. The fraction of sp³-hybridized carbons (Fsp3) is 0.400. The minimum atomic E-state index is -5.08. The molecule has 0 spiro atoms. The number of nitrogens with two attached hydrogens (primary N) is 1. The molecular formula is C20H18F8N6O3S. The van der Waals surface area contributed by atoms with Crippen LogP contribution in [0.1, 0.15) is 34.6 Å². The Labute approximate surface area is 211 Å². The summed E-state index contributed by atoms with van der Waals surface area (Å²) >= 11 is 0.466. The van der Waals surface area contributed by atoms with E-state index in [0.717, 1.165) is 6.07 Å². The van der Waals surface area contributed by atoms with Gasteiger partial charge in [-0.05, 0) is 36.4 Å². The lowest BCUT2D eigenvalue weighted by atomic mass is 9.87. The van der Waals surface area contributed by atoms with E-state index >= 15 is 0 Å². The van der Waals surface area contributed by atoms with E-state index in [0.29, 0.717) is 23.3 Å². The molecule has 0 bridgehead atoms. The first-order valence-electron chi connectivity index (χ1n) is 10.5. The van der Waals surface area contributed by atoms with Gasteiger partial charge in [0, 0.05) is 6.42 Å². The number of nitrogens with one attached hydrogen (secondary N) is 2. The van der Waals surface area contributed by atoms with Crippen molar-refractivity contribution in [2.75, 3.05) is 10.6 Å². The van der Waals surface area contributed by atoms with E-state index in [9.17, 15) is 39.9 Å². The standard InChI is InChI=1S/C18H17F5N6OS.C2HF3O2/c19-17(20)6-1-2-10(13(17)24)27-16-25-8-9-3-4-12(29(9)28-16)15(30)26-11-5-7-31-14(11)18(21,22)23;3-2(4,5)1(6)7/h3-5,7-8,10,13H,1-2,6,24H2,(H,26,30)(H,27,28);(H,6,7)/t10-,13-;/m1./s1. The van der Waals surface area contributed by atoms with Crippen molar-refractivity contribution in [3.05, 3.63) is 40.3 Å². The highest BCUT2D eigenvalue weighted by Crippen LogP contribution is 2.39. The third kappa shape index (κ3) is 6.66. The molecular weight excluding hydrogens is 556 g/mol. The summed E-state index contributed by atoms with van der Waals surface area (Å²) < 4.78 is 99.8. The molecule has 1 saturated carbocycles. The Kier molecular flexibility index (Phi) is 8.16. The Hall–Kier alpha value is -3.54. The quantitative estimate of drug-likeness (QED) is 0.334. The number of hydrogen-bond acceptors (Lipinski definition) is 7. The number of rotatable bonds is 4. The van der Waals surface area contributed by atoms with E-state index in [1.807, 2.05) is 0 Å². The van der Waals surface area contributed by atoms with Gasteiger partial charge in [0.15, 0.2) is 0 Å². The number of aliphatic carboxylic acids is 1. The summed E-state index contributed by atoms with van der Waals surface area (Å²) in [5, 5.41) is 17.5. The number of hydrogen-bond donors (Lipinski definition) is 4. The van der Waals surface area contributed by atoms with Crippen molar-refractivity contribution >= 4 is 40.4 Å². The van der Waals surface area contributed by atoms with Crippen LogP contribution >= 0.6 is 11.3 Å². The van der Waals surface area contributed by atoms with Crippen LogP contribution in [0.15, 0.2) is 29.8 Å². The molecule has 0 unspecified atom stereocenters. The summed E-state index contributed by atoms with van der Waals surface area (Å²) in [4.78, 5) is 24.6. The number of thiophene rings is 1. The van der Waals surface area contributed by atoms with Gasteiger partial charge in [-0.3, -0.25) is 4.79 Å². The largest absolute Gasteiger partial charge is 0.490 e. The molecule has 0 aromatic carbocycles. The van der Waals surface area contributed by atoms with Crippen molar-refractivity contribution in [1.29, 1.82) is 0 Å². The van der Waals surface area contributed by atoms with Crippen molar-refractivity contribution in [3.63, 3.8) is 0 Å². The van der Waals surface area contributed by atoms with Crippen molar-refractivity contribution < 1.29 is 49.8 Å². The number of fused-ring (bicyclic) bond motifs is 1. The second-order valence-electron chi connectivity index (χ2n) is 7.99. The number of halogens is 8. The zero-order chi connectivity index (χ0) is 28.5. The first kappa shape index (κ1) is 29.0. The minimum Gasteiger partial charge on any atom is -0.475 e. The summed E-state index contributed by atoms with van der Waals surface area (Å²) in [5.74, 6) is -6.61. The molecule has 1 amide bonds. The lowest BCUT2D eigenvalue weighted by molar-refractivity contribution is -0.192. The number of carboxylic acid groups (broad SMARTS) is 1. The van der Waals surface area contributed by atoms with Crippen LogP contribution in [0.5, 0.6) is 0 Å². The molecule has 9 nitrogen and oxygen atoms in total. The number of alkyl halides is 8. The Morgan fingerprint density at radius 3 is 2.42 bits per heavy atom. The number of nitrogens with zero attached hydrogens (tertiary/aromatic N) is 3. The predicted octanol–water partition coefficient (Wildman–Crippen LogP) is 4.62. The van der Waals surface area contributed by atoms with Gasteiger partial charge in [0.25, 0.3) is 11.8 Å². The molecule has 1 aliphatic rings. The van der Waals surface area contributed by atoms with Crippen LogP contribution in [-0.4, -0.2) is 55.8 Å². The molecule has 3 aromatic heterocycles. The molecule has 0 saturated heterocycles. The zero-order valence-electron chi connectivity index (χ0n) is 18.8. The SMILES string of the molecule is N[C@@H]1[C@H](Nc2ncc3ccc(C(=O)Nc4ccsc4C(F)(F)F)n3n2)CCCC1(F)F.O=C(O)C(F)(F)F. The van der Waals surface area contributed by atoms with Crippen LogP contribution < -0.4 is 16.4 Å². The summed E-state index contributed by atoms with van der Waals surface area (Å²) in [6, 6.07) is 1.86. The van der Waals surface area contributed by atoms with Crippen molar-refractivity contribution in [3.8, 4) is 0 Å². The lowest BCUT2D eigenvalue weighted by Gasteiger charge is -2.35. The van der Waals surface area contributed by atoms with E-state index in [-0.39, 0.29) is 30.2 Å². The topological polar surface area (TPSA) is 135 Å². The zero-order valence-corrected chi connectivity index (χ0v) is 19.6. The number of carbonyl (C=O) groups is 2. The third-order valence-electron chi connectivity index (χ3n) is 5.31. The normalized spacial score (nSPS) is 19.4. The molecule has 4 rings (SSSR count). The van der Waals surface area contributed by atoms with Gasteiger partial charge >= 0.3 is 18.3 Å². The van der Waals surface area contributed by atoms with Crippen molar-refractivity contribution in [2.24, 2.45) is 5.73 Å². The summed E-state index contributed by atoms with van der Waals surface area (Å²) in [7, 11) is 0. The number of aromatic nitrogens is 3. The number of anilines is 2. The van der Waals surface area contributed by atoms with E-state index in [2.05, 4.69) is 20.7 Å². The van der Waals surface area contributed by atoms with Gasteiger partial charge in [0.05, 0.1) is 29.5 Å². The van der Waals surface area contributed by atoms with Gasteiger partial charge in [-0.2, -0.15) is 26.3 Å². The van der Waals surface area contributed by atoms with Gasteiger partial charge in [0.1, 0.15) is 10.6 Å². The second kappa shape index (κ2) is 10.7. The minimum absolute atomic E-state index is 0.0255. The lowest BCUT2D eigenvalue weighted by Crippen LogP contribution is -2.55. The van der Waals surface area contributed by atoms with Crippen LogP contribution in [0.2, 0.25) is 0 Å². The predicted molar refractivity (Wildman–Crippen MR) is 118 cm³/mol. The average molecular weight is 574 g/mol. The van der Waals surface area contributed by atoms with E-state index in [4.69, 9.17) is 15.6 Å². The van der Waals surface area contributed by atoms with Gasteiger partial charge in [-0.15, -0.1) is 16.4 Å². The number of amides is 1. The highest BCUT2D eigenvalue weighted by atomic mass is 32.1. The smallest absolute Gasteiger partial charge is 0.475 e. The maximum absolute atomic E-state index is 13.9. The van der Waals surface area contributed by atoms with Crippen LogP contribution in [-0.2, 0) is 11.0 Å². The first-order valence-corrected chi connectivity index (χ1v) is 11.4. The van der Waals surface area contributed by atoms with Crippen LogP contribution in [0, 0.1) is 0 Å². The number of carbonyl (C=O) groups excluding carboxylic acids is 1. The fourth-order valence-electron chi connectivity index (χ4n) is 3.48. The molecule has 38 heavy (non-hydrogen) atoms.